The third-order valence-corrected chi connectivity index (χ3v) is 4.27. The Kier molecular flexibility index (Phi) is 3.41. The number of rotatable bonds is 2. The number of hydrogen-bond donors (Lipinski definition) is 1. The molecular formula is C16H21ClN2O. The van der Waals surface area contributed by atoms with Crippen molar-refractivity contribution in [3.8, 4) is 5.75 Å². The van der Waals surface area contributed by atoms with E-state index >= 15 is 0 Å². The average molecular weight is 293 g/mol. The van der Waals surface area contributed by atoms with Gasteiger partial charge in [-0.1, -0.05) is 18.5 Å². The van der Waals surface area contributed by atoms with Crippen LogP contribution in [0.4, 0.5) is 0 Å². The zero-order valence-corrected chi connectivity index (χ0v) is 13.0. The number of halogens is 1. The molecule has 2 aliphatic heterocycles. The summed E-state index contributed by atoms with van der Waals surface area (Å²) in [6.45, 7) is 7.32. The minimum atomic E-state index is -0.126. The number of nitrogens with zero attached hydrogens (tertiary/aromatic N) is 1. The molecular weight excluding hydrogens is 272 g/mol. The van der Waals surface area contributed by atoms with Crippen LogP contribution in [0.2, 0.25) is 5.02 Å². The second kappa shape index (κ2) is 4.96. The number of amidine groups is 1. The van der Waals surface area contributed by atoms with Gasteiger partial charge in [0.1, 0.15) is 17.2 Å². The molecule has 0 aromatic heterocycles. The zero-order valence-electron chi connectivity index (χ0n) is 12.3. The van der Waals surface area contributed by atoms with E-state index in [9.17, 15) is 0 Å². The van der Waals surface area contributed by atoms with Crippen LogP contribution in [0, 0.1) is 0 Å². The maximum atomic E-state index is 6.26. The minimum Gasteiger partial charge on any atom is -0.487 e. The van der Waals surface area contributed by atoms with Gasteiger partial charge in [-0.25, -0.2) is 0 Å². The van der Waals surface area contributed by atoms with E-state index in [4.69, 9.17) is 21.3 Å². The van der Waals surface area contributed by atoms with Gasteiger partial charge in [-0.3, -0.25) is 4.99 Å². The maximum Gasteiger partial charge on any atom is 0.134 e. The van der Waals surface area contributed by atoms with Gasteiger partial charge in [0.2, 0.25) is 0 Å². The second-order valence-electron chi connectivity index (χ2n) is 6.22. The Morgan fingerprint density at radius 3 is 2.95 bits per heavy atom. The van der Waals surface area contributed by atoms with Crippen molar-refractivity contribution in [1.82, 2.24) is 5.32 Å². The summed E-state index contributed by atoms with van der Waals surface area (Å²) in [6.07, 6.45) is 3.06. The molecule has 0 spiro atoms. The lowest BCUT2D eigenvalue weighted by Crippen LogP contribution is -2.34. The van der Waals surface area contributed by atoms with Crippen molar-refractivity contribution in [2.45, 2.75) is 51.7 Å². The molecule has 1 atom stereocenters. The molecule has 1 N–H and O–H groups in total. The Bertz CT molecular complexity index is 566. The highest BCUT2D eigenvalue weighted by Gasteiger charge is 2.31. The SMILES string of the molecule is CCC1CNC(c2cc(Cl)cc3c2OC(C)(C)CC3)=N1. The lowest BCUT2D eigenvalue weighted by atomic mass is 9.92. The van der Waals surface area contributed by atoms with Crippen LogP contribution < -0.4 is 10.1 Å². The number of benzene rings is 1. The first-order valence-corrected chi connectivity index (χ1v) is 7.70. The maximum absolute atomic E-state index is 6.26. The molecule has 3 nitrogen and oxygen atoms in total. The Morgan fingerprint density at radius 1 is 1.45 bits per heavy atom. The molecule has 108 valence electrons. The first-order chi connectivity index (χ1) is 9.48. The molecule has 0 bridgehead atoms. The predicted molar refractivity (Wildman–Crippen MR) is 83.1 cm³/mol. The summed E-state index contributed by atoms with van der Waals surface area (Å²) in [5.41, 5.74) is 2.08. The molecule has 3 rings (SSSR count). The van der Waals surface area contributed by atoms with Crippen LogP contribution in [0.15, 0.2) is 17.1 Å². The number of aliphatic imine (C=N–C) groups is 1. The van der Waals surface area contributed by atoms with E-state index in [0.717, 1.165) is 48.0 Å². The van der Waals surface area contributed by atoms with E-state index in [2.05, 4.69) is 26.1 Å². The van der Waals surface area contributed by atoms with E-state index in [-0.39, 0.29) is 5.60 Å². The molecule has 20 heavy (non-hydrogen) atoms. The summed E-state index contributed by atoms with van der Waals surface area (Å²) >= 11 is 6.26. The van der Waals surface area contributed by atoms with Gasteiger partial charge in [-0.15, -0.1) is 0 Å². The summed E-state index contributed by atoms with van der Waals surface area (Å²) in [5.74, 6) is 1.88. The van der Waals surface area contributed by atoms with Crippen LogP contribution in [0.25, 0.3) is 0 Å². The van der Waals surface area contributed by atoms with Crippen LogP contribution >= 0.6 is 11.6 Å². The normalized spacial score (nSPS) is 23.6. The molecule has 2 aliphatic rings. The van der Waals surface area contributed by atoms with E-state index in [1.807, 2.05) is 12.1 Å². The lowest BCUT2D eigenvalue weighted by molar-refractivity contribution is 0.0844. The number of hydrogen-bond acceptors (Lipinski definition) is 3. The predicted octanol–water partition coefficient (Wildman–Crippen LogP) is 3.57. The van der Waals surface area contributed by atoms with Gasteiger partial charge in [-0.2, -0.15) is 0 Å². The molecule has 2 heterocycles. The monoisotopic (exact) mass is 292 g/mol. The standard InChI is InChI=1S/C16H21ClN2O/c1-4-12-9-18-15(19-12)13-8-11(17)7-10-5-6-16(2,3)20-14(10)13/h7-8,12H,4-6,9H2,1-3H3,(H,18,19). The Hall–Kier alpha value is -1.22. The smallest absolute Gasteiger partial charge is 0.134 e. The quantitative estimate of drug-likeness (QED) is 0.904. The van der Waals surface area contributed by atoms with Crippen molar-refractivity contribution in [2.24, 2.45) is 4.99 Å². The third-order valence-electron chi connectivity index (χ3n) is 4.05. The van der Waals surface area contributed by atoms with Crippen molar-refractivity contribution in [1.29, 1.82) is 0 Å². The first kappa shape index (κ1) is 13.7. The van der Waals surface area contributed by atoms with Crippen LogP contribution in [-0.4, -0.2) is 24.0 Å². The van der Waals surface area contributed by atoms with Gasteiger partial charge < -0.3 is 10.1 Å². The van der Waals surface area contributed by atoms with E-state index in [0.29, 0.717) is 6.04 Å². The number of nitrogens with one attached hydrogen (secondary N) is 1. The lowest BCUT2D eigenvalue weighted by Gasteiger charge is -2.34. The highest BCUT2D eigenvalue weighted by Crippen LogP contribution is 2.38. The van der Waals surface area contributed by atoms with Crippen LogP contribution in [0.3, 0.4) is 0 Å². The fraction of sp³-hybridized carbons (Fsp3) is 0.562. The summed E-state index contributed by atoms with van der Waals surface area (Å²) in [4.78, 5) is 4.74. The topological polar surface area (TPSA) is 33.6 Å². The highest BCUT2D eigenvalue weighted by molar-refractivity contribution is 6.31. The minimum absolute atomic E-state index is 0.126. The molecule has 0 radical (unpaired) electrons. The van der Waals surface area contributed by atoms with Crippen molar-refractivity contribution in [2.75, 3.05) is 6.54 Å². The Morgan fingerprint density at radius 2 is 2.25 bits per heavy atom. The van der Waals surface area contributed by atoms with Crippen LogP contribution in [0.5, 0.6) is 5.75 Å². The molecule has 0 aliphatic carbocycles. The van der Waals surface area contributed by atoms with E-state index in [1.165, 1.54) is 5.56 Å². The van der Waals surface area contributed by atoms with Crippen molar-refractivity contribution in [3.63, 3.8) is 0 Å². The fourth-order valence-electron chi connectivity index (χ4n) is 2.78. The average Bonchev–Trinajstić information content (AvgIpc) is 2.86. The Labute approximate surface area is 125 Å². The first-order valence-electron chi connectivity index (χ1n) is 7.32. The number of ether oxygens (including phenoxy) is 1. The van der Waals surface area contributed by atoms with Gasteiger partial charge in [0.25, 0.3) is 0 Å². The molecule has 1 unspecified atom stereocenters. The van der Waals surface area contributed by atoms with E-state index in [1.54, 1.807) is 0 Å². The van der Waals surface area contributed by atoms with Gasteiger partial charge in [-0.05, 0) is 50.8 Å². The summed E-state index contributed by atoms with van der Waals surface area (Å²) in [6, 6.07) is 4.34. The van der Waals surface area contributed by atoms with Crippen molar-refractivity contribution < 1.29 is 4.74 Å². The number of aryl methyl sites for hydroxylation is 1. The largest absolute Gasteiger partial charge is 0.487 e. The fourth-order valence-corrected chi connectivity index (χ4v) is 3.02. The molecule has 1 aromatic carbocycles. The molecule has 1 aromatic rings. The summed E-state index contributed by atoms with van der Waals surface area (Å²) < 4.78 is 6.21. The molecule has 0 fully saturated rings. The van der Waals surface area contributed by atoms with Crippen LogP contribution in [0.1, 0.15) is 44.7 Å². The van der Waals surface area contributed by atoms with Gasteiger partial charge >= 0.3 is 0 Å². The highest BCUT2D eigenvalue weighted by atomic mass is 35.5. The van der Waals surface area contributed by atoms with E-state index < -0.39 is 0 Å². The van der Waals surface area contributed by atoms with Crippen molar-refractivity contribution in [3.05, 3.63) is 28.3 Å². The summed E-state index contributed by atoms with van der Waals surface area (Å²) in [7, 11) is 0. The summed E-state index contributed by atoms with van der Waals surface area (Å²) in [5, 5.41) is 4.15. The third kappa shape index (κ3) is 2.51. The van der Waals surface area contributed by atoms with Crippen molar-refractivity contribution >= 4 is 17.4 Å². The Balaban J connectivity index is 2.05. The van der Waals surface area contributed by atoms with Gasteiger partial charge in [0, 0.05) is 11.6 Å². The van der Waals surface area contributed by atoms with Crippen LogP contribution in [-0.2, 0) is 6.42 Å². The molecule has 0 saturated carbocycles. The molecule has 0 amide bonds. The second-order valence-corrected chi connectivity index (χ2v) is 6.66. The van der Waals surface area contributed by atoms with Gasteiger partial charge in [0.15, 0.2) is 0 Å². The number of fused-ring (bicyclic) bond motifs is 1. The van der Waals surface area contributed by atoms with Gasteiger partial charge in [0.05, 0.1) is 11.6 Å². The molecule has 0 saturated heterocycles. The molecule has 4 heteroatoms. The zero-order chi connectivity index (χ0) is 14.3.